The second kappa shape index (κ2) is 9.45. The van der Waals surface area contributed by atoms with Crippen LogP contribution in [-0.2, 0) is 0 Å². The maximum absolute atomic E-state index is 12.7. The molecule has 160 valence electrons. The lowest BCUT2D eigenvalue weighted by atomic mass is 9.84. The van der Waals surface area contributed by atoms with E-state index < -0.39 is 12.6 Å². The van der Waals surface area contributed by atoms with Crippen molar-refractivity contribution in [3.63, 3.8) is 0 Å². The van der Waals surface area contributed by atoms with Crippen molar-refractivity contribution in [3.05, 3.63) is 53.6 Å². The molecular formula is C24H26F2O4. The van der Waals surface area contributed by atoms with Crippen LogP contribution in [0.1, 0.15) is 66.8 Å². The number of rotatable bonds is 8. The van der Waals surface area contributed by atoms with Crippen molar-refractivity contribution in [1.82, 2.24) is 0 Å². The molecular weight excluding hydrogens is 390 g/mol. The lowest BCUT2D eigenvalue weighted by Crippen LogP contribution is -2.11. The minimum Gasteiger partial charge on any atom is -0.489 e. The molecule has 0 N–H and O–H groups in total. The standard InChI is InChI=1S/C24H26F2O4/c25-24(26)30-21-13-10-19(14-22(21)28-15-16-6-7-16)23(27)29-20-11-8-18(9-12-20)17-4-2-1-3-5-17/h8-14,16-17,24H,1-7,15H2. The van der Waals surface area contributed by atoms with Crippen LogP contribution in [0.3, 0.4) is 0 Å². The highest BCUT2D eigenvalue weighted by Gasteiger charge is 2.24. The molecule has 30 heavy (non-hydrogen) atoms. The molecule has 4 nitrogen and oxygen atoms in total. The maximum Gasteiger partial charge on any atom is 0.387 e. The number of alkyl halides is 2. The third kappa shape index (κ3) is 5.49. The van der Waals surface area contributed by atoms with E-state index in [2.05, 4.69) is 4.74 Å². The van der Waals surface area contributed by atoms with Gasteiger partial charge in [-0.25, -0.2) is 4.79 Å². The lowest BCUT2D eigenvalue weighted by Gasteiger charge is -2.22. The second-order valence-electron chi connectivity index (χ2n) is 8.09. The Bertz CT molecular complexity index is 856. The molecule has 0 spiro atoms. The Morgan fingerprint density at radius 3 is 2.33 bits per heavy atom. The molecule has 2 saturated carbocycles. The fourth-order valence-electron chi connectivity index (χ4n) is 3.84. The number of hydrogen-bond acceptors (Lipinski definition) is 4. The molecule has 0 aromatic heterocycles. The van der Waals surface area contributed by atoms with Crippen LogP contribution in [0.15, 0.2) is 42.5 Å². The predicted octanol–water partition coefficient (Wildman–Crippen LogP) is 6.34. The molecule has 0 amide bonds. The first kappa shape index (κ1) is 20.6. The summed E-state index contributed by atoms with van der Waals surface area (Å²) in [7, 11) is 0. The van der Waals surface area contributed by atoms with Gasteiger partial charge in [-0.2, -0.15) is 8.78 Å². The van der Waals surface area contributed by atoms with E-state index in [0.29, 0.717) is 24.2 Å². The van der Waals surface area contributed by atoms with E-state index in [9.17, 15) is 13.6 Å². The highest BCUT2D eigenvalue weighted by molar-refractivity contribution is 5.91. The van der Waals surface area contributed by atoms with Gasteiger partial charge in [-0.15, -0.1) is 0 Å². The molecule has 0 heterocycles. The molecule has 0 aliphatic heterocycles. The van der Waals surface area contributed by atoms with Crippen molar-refractivity contribution in [2.75, 3.05) is 6.61 Å². The molecule has 0 saturated heterocycles. The third-order valence-electron chi connectivity index (χ3n) is 5.73. The molecule has 4 rings (SSSR count). The molecule has 2 aromatic carbocycles. The number of carbonyl (C=O) groups excluding carboxylic acids is 1. The summed E-state index contributed by atoms with van der Waals surface area (Å²) >= 11 is 0. The Morgan fingerprint density at radius 1 is 0.933 bits per heavy atom. The summed E-state index contributed by atoms with van der Waals surface area (Å²) in [5, 5.41) is 0. The maximum atomic E-state index is 12.7. The van der Waals surface area contributed by atoms with Crippen LogP contribution >= 0.6 is 0 Å². The normalized spacial score (nSPS) is 17.0. The van der Waals surface area contributed by atoms with Crippen LogP contribution in [0.2, 0.25) is 0 Å². The van der Waals surface area contributed by atoms with Crippen LogP contribution in [0.5, 0.6) is 17.2 Å². The predicted molar refractivity (Wildman–Crippen MR) is 109 cm³/mol. The average molecular weight is 416 g/mol. The van der Waals surface area contributed by atoms with Gasteiger partial charge in [0.15, 0.2) is 11.5 Å². The van der Waals surface area contributed by atoms with Crippen molar-refractivity contribution in [2.24, 2.45) is 5.92 Å². The van der Waals surface area contributed by atoms with Crippen LogP contribution < -0.4 is 14.2 Å². The van der Waals surface area contributed by atoms with Gasteiger partial charge in [-0.1, -0.05) is 31.4 Å². The Morgan fingerprint density at radius 2 is 1.67 bits per heavy atom. The molecule has 0 atom stereocenters. The molecule has 2 aliphatic carbocycles. The summed E-state index contributed by atoms with van der Waals surface area (Å²) in [6.07, 6.45) is 8.36. The summed E-state index contributed by atoms with van der Waals surface area (Å²) in [5.41, 5.74) is 1.50. The van der Waals surface area contributed by atoms with E-state index >= 15 is 0 Å². The van der Waals surface area contributed by atoms with Gasteiger partial charge in [0.25, 0.3) is 0 Å². The van der Waals surface area contributed by atoms with Gasteiger partial charge in [0.1, 0.15) is 5.75 Å². The topological polar surface area (TPSA) is 44.8 Å². The molecule has 2 aliphatic rings. The van der Waals surface area contributed by atoms with E-state index in [0.717, 1.165) is 12.8 Å². The first-order valence-corrected chi connectivity index (χ1v) is 10.6. The zero-order valence-electron chi connectivity index (χ0n) is 16.8. The number of benzene rings is 2. The highest BCUT2D eigenvalue weighted by Crippen LogP contribution is 2.35. The van der Waals surface area contributed by atoms with E-state index in [-0.39, 0.29) is 17.1 Å². The fourth-order valence-corrected chi connectivity index (χ4v) is 3.84. The van der Waals surface area contributed by atoms with Gasteiger partial charge in [0, 0.05) is 0 Å². The van der Waals surface area contributed by atoms with E-state index in [4.69, 9.17) is 9.47 Å². The van der Waals surface area contributed by atoms with Crippen LogP contribution in [0, 0.1) is 5.92 Å². The quantitative estimate of drug-likeness (QED) is 0.372. The Hall–Kier alpha value is -2.63. The van der Waals surface area contributed by atoms with Gasteiger partial charge in [0.2, 0.25) is 0 Å². The molecule has 0 unspecified atom stereocenters. The lowest BCUT2D eigenvalue weighted by molar-refractivity contribution is -0.0515. The summed E-state index contributed by atoms with van der Waals surface area (Å²) in [6.45, 7) is -2.55. The van der Waals surface area contributed by atoms with Crippen molar-refractivity contribution < 1.29 is 27.8 Å². The summed E-state index contributed by atoms with van der Waals surface area (Å²) in [6, 6.07) is 11.8. The van der Waals surface area contributed by atoms with E-state index in [1.165, 1.54) is 55.9 Å². The van der Waals surface area contributed by atoms with Crippen molar-refractivity contribution in [1.29, 1.82) is 0 Å². The Balaban J connectivity index is 1.43. The highest BCUT2D eigenvalue weighted by atomic mass is 19.3. The molecule has 2 fully saturated rings. The minimum atomic E-state index is -2.96. The molecule has 2 aromatic rings. The van der Waals surface area contributed by atoms with Crippen LogP contribution in [-0.4, -0.2) is 19.2 Å². The minimum absolute atomic E-state index is 0.0842. The van der Waals surface area contributed by atoms with Gasteiger partial charge in [0.05, 0.1) is 12.2 Å². The summed E-state index contributed by atoms with van der Waals surface area (Å²) in [4.78, 5) is 12.6. The zero-order valence-corrected chi connectivity index (χ0v) is 16.8. The zero-order chi connectivity index (χ0) is 20.9. The first-order valence-electron chi connectivity index (χ1n) is 10.6. The number of halogens is 2. The largest absolute Gasteiger partial charge is 0.489 e. The molecule has 6 heteroatoms. The first-order chi connectivity index (χ1) is 14.6. The smallest absolute Gasteiger partial charge is 0.387 e. The number of ether oxygens (including phenoxy) is 3. The van der Waals surface area contributed by atoms with Gasteiger partial charge in [-0.3, -0.25) is 0 Å². The fraction of sp³-hybridized carbons (Fsp3) is 0.458. The Labute approximate surface area is 175 Å². The van der Waals surface area contributed by atoms with Gasteiger partial charge >= 0.3 is 12.6 Å². The van der Waals surface area contributed by atoms with Gasteiger partial charge in [-0.05, 0) is 73.4 Å². The van der Waals surface area contributed by atoms with Crippen LogP contribution in [0.4, 0.5) is 8.78 Å². The number of hydrogen-bond donors (Lipinski definition) is 0. The van der Waals surface area contributed by atoms with Crippen molar-refractivity contribution in [3.8, 4) is 17.2 Å². The second-order valence-corrected chi connectivity index (χ2v) is 8.09. The number of carbonyl (C=O) groups is 1. The number of esters is 1. The SMILES string of the molecule is O=C(Oc1ccc(C2CCCCC2)cc1)c1ccc(OC(F)F)c(OCC2CC2)c1. The van der Waals surface area contributed by atoms with E-state index in [1.807, 2.05) is 12.1 Å². The average Bonchev–Trinajstić information content (AvgIpc) is 3.58. The summed E-state index contributed by atoms with van der Waals surface area (Å²) in [5.74, 6) is 0.941. The van der Waals surface area contributed by atoms with Gasteiger partial charge < -0.3 is 14.2 Å². The molecule has 0 bridgehead atoms. The summed E-state index contributed by atoms with van der Waals surface area (Å²) < 4.78 is 40.9. The van der Waals surface area contributed by atoms with E-state index in [1.54, 1.807) is 12.1 Å². The van der Waals surface area contributed by atoms with Crippen molar-refractivity contribution in [2.45, 2.75) is 57.5 Å². The molecule has 0 radical (unpaired) electrons. The van der Waals surface area contributed by atoms with Crippen molar-refractivity contribution >= 4 is 5.97 Å². The third-order valence-corrected chi connectivity index (χ3v) is 5.73. The monoisotopic (exact) mass is 416 g/mol. The Kier molecular flexibility index (Phi) is 6.50. The van der Waals surface area contributed by atoms with Crippen LogP contribution in [0.25, 0.3) is 0 Å².